The van der Waals surface area contributed by atoms with Gasteiger partial charge in [-0.3, -0.25) is 0 Å². The Morgan fingerprint density at radius 2 is 1.88 bits per heavy atom. The molecular formula is C19H27ClO3S. The molecule has 0 aromatic heterocycles. The molecule has 1 saturated carbocycles. The van der Waals surface area contributed by atoms with E-state index in [1.807, 2.05) is 11.8 Å². The number of ether oxygens (including phenoxy) is 3. The zero-order chi connectivity index (χ0) is 17.0. The molecule has 24 heavy (non-hydrogen) atoms. The molecule has 0 radical (unpaired) electrons. The van der Waals surface area contributed by atoms with E-state index >= 15 is 0 Å². The first-order valence-electron chi connectivity index (χ1n) is 8.71. The van der Waals surface area contributed by atoms with Gasteiger partial charge in [-0.2, -0.15) is 11.8 Å². The maximum absolute atomic E-state index is 5.79. The summed E-state index contributed by atoms with van der Waals surface area (Å²) in [5.41, 5.74) is 3.19. The first-order valence-corrected chi connectivity index (χ1v) is 10.3. The van der Waals surface area contributed by atoms with E-state index in [1.54, 1.807) is 14.2 Å². The van der Waals surface area contributed by atoms with Crippen LogP contribution in [0.4, 0.5) is 0 Å². The van der Waals surface area contributed by atoms with Crippen molar-refractivity contribution < 1.29 is 14.2 Å². The van der Waals surface area contributed by atoms with Gasteiger partial charge in [0.25, 0.3) is 0 Å². The largest absolute Gasteiger partial charge is 0.493 e. The molecule has 1 unspecified atom stereocenters. The summed E-state index contributed by atoms with van der Waals surface area (Å²) in [6.07, 6.45) is 6.53. The summed E-state index contributed by atoms with van der Waals surface area (Å²) < 4.78 is 16.9. The number of halogens is 1. The average molecular weight is 371 g/mol. The van der Waals surface area contributed by atoms with Gasteiger partial charge in [-0.25, -0.2) is 0 Å². The number of methoxy groups -OCH3 is 2. The topological polar surface area (TPSA) is 27.7 Å². The standard InChI is InChI=1S/C19H27ClO3S/c1-21-16-9-14-11-19(5-3-4-6-19)13-24-18(12-23-8-7-20)15(14)10-17(16)22-2/h9-10,18H,3-8,11-13H2,1-2H3. The summed E-state index contributed by atoms with van der Waals surface area (Å²) in [6.45, 7) is 1.31. The minimum Gasteiger partial charge on any atom is -0.493 e. The average Bonchev–Trinajstić information content (AvgIpc) is 3.00. The number of rotatable bonds is 6. The second-order valence-corrected chi connectivity index (χ2v) is 8.42. The van der Waals surface area contributed by atoms with Crippen molar-refractivity contribution in [1.82, 2.24) is 0 Å². The molecule has 0 N–H and O–H groups in total. The van der Waals surface area contributed by atoms with Gasteiger partial charge in [-0.05, 0) is 53.7 Å². The lowest BCUT2D eigenvalue weighted by molar-refractivity contribution is 0.150. The lowest BCUT2D eigenvalue weighted by Gasteiger charge is -2.27. The molecule has 3 rings (SSSR count). The molecule has 1 aromatic rings. The van der Waals surface area contributed by atoms with Crippen molar-refractivity contribution in [3.63, 3.8) is 0 Å². The molecular weight excluding hydrogens is 344 g/mol. The van der Waals surface area contributed by atoms with Gasteiger partial charge in [0, 0.05) is 5.88 Å². The maximum Gasteiger partial charge on any atom is 0.161 e. The van der Waals surface area contributed by atoms with Gasteiger partial charge in [0.1, 0.15) is 0 Å². The van der Waals surface area contributed by atoms with Crippen molar-refractivity contribution >= 4 is 23.4 Å². The van der Waals surface area contributed by atoms with Crippen molar-refractivity contribution in [3.05, 3.63) is 23.3 Å². The minimum atomic E-state index is 0.336. The second-order valence-electron chi connectivity index (χ2n) is 6.85. The Morgan fingerprint density at radius 3 is 2.54 bits per heavy atom. The predicted octanol–water partition coefficient (Wildman–Crippen LogP) is 4.85. The van der Waals surface area contributed by atoms with Crippen LogP contribution in [0.1, 0.15) is 42.1 Å². The number of hydrogen-bond donors (Lipinski definition) is 0. The summed E-state index contributed by atoms with van der Waals surface area (Å²) in [5.74, 6) is 3.39. The van der Waals surface area contributed by atoms with E-state index in [0.717, 1.165) is 17.9 Å². The van der Waals surface area contributed by atoms with E-state index in [9.17, 15) is 0 Å². The number of benzene rings is 1. The third kappa shape index (κ3) is 3.81. The van der Waals surface area contributed by atoms with Gasteiger partial charge < -0.3 is 14.2 Å². The lowest BCUT2D eigenvalue weighted by Crippen LogP contribution is -2.21. The van der Waals surface area contributed by atoms with Crippen molar-refractivity contribution in [1.29, 1.82) is 0 Å². The smallest absolute Gasteiger partial charge is 0.161 e. The minimum absolute atomic E-state index is 0.336. The van der Waals surface area contributed by atoms with Crippen LogP contribution < -0.4 is 9.47 Å². The summed E-state index contributed by atoms with van der Waals surface area (Å²) in [5, 5.41) is 0.336. The molecule has 1 aromatic carbocycles. The van der Waals surface area contributed by atoms with Crippen molar-refractivity contribution in [2.45, 2.75) is 37.4 Å². The highest BCUT2D eigenvalue weighted by Crippen LogP contribution is 2.51. The Labute approximate surface area is 154 Å². The van der Waals surface area contributed by atoms with E-state index in [0.29, 0.717) is 29.8 Å². The molecule has 134 valence electrons. The zero-order valence-corrected chi connectivity index (χ0v) is 16.2. The number of fused-ring (bicyclic) bond motifs is 1. The predicted molar refractivity (Wildman–Crippen MR) is 101 cm³/mol. The van der Waals surface area contributed by atoms with Gasteiger partial charge in [0.2, 0.25) is 0 Å². The fourth-order valence-corrected chi connectivity index (χ4v) is 5.69. The van der Waals surface area contributed by atoms with E-state index in [1.165, 1.54) is 42.6 Å². The summed E-state index contributed by atoms with van der Waals surface area (Å²) >= 11 is 7.81. The summed E-state index contributed by atoms with van der Waals surface area (Å²) in [6, 6.07) is 4.35. The molecule has 0 saturated heterocycles. The van der Waals surface area contributed by atoms with Crippen LogP contribution in [0, 0.1) is 5.41 Å². The number of hydrogen-bond acceptors (Lipinski definition) is 4. The summed E-state index contributed by atoms with van der Waals surface area (Å²) in [4.78, 5) is 0. The first-order chi connectivity index (χ1) is 11.7. The van der Waals surface area contributed by atoms with Crippen LogP contribution in [0.25, 0.3) is 0 Å². The fraction of sp³-hybridized carbons (Fsp3) is 0.684. The van der Waals surface area contributed by atoms with Gasteiger partial charge in [-0.1, -0.05) is 12.8 Å². The molecule has 1 aliphatic heterocycles. The summed E-state index contributed by atoms with van der Waals surface area (Å²) in [7, 11) is 3.41. The van der Waals surface area contributed by atoms with Gasteiger partial charge >= 0.3 is 0 Å². The molecule has 1 fully saturated rings. The highest BCUT2D eigenvalue weighted by molar-refractivity contribution is 7.99. The monoisotopic (exact) mass is 370 g/mol. The van der Waals surface area contributed by atoms with Crippen molar-refractivity contribution in [2.75, 3.05) is 39.1 Å². The zero-order valence-electron chi connectivity index (χ0n) is 14.6. The molecule has 3 nitrogen and oxygen atoms in total. The molecule has 0 amide bonds. The van der Waals surface area contributed by atoms with Gasteiger partial charge in [0.05, 0.1) is 32.7 Å². The van der Waals surface area contributed by atoms with Crippen LogP contribution >= 0.6 is 23.4 Å². The Morgan fingerprint density at radius 1 is 1.17 bits per heavy atom. The van der Waals surface area contributed by atoms with Crippen LogP contribution in [-0.2, 0) is 11.2 Å². The second kappa shape index (κ2) is 8.20. The van der Waals surface area contributed by atoms with Gasteiger partial charge in [-0.15, -0.1) is 11.6 Å². The van der Waals surface area contributed by atoms with E-state index in [-0.39, 0.29) is 0 Å². The van der Waals surface area contributed by atoms with E-state index < -0.39 is 0 Å². The quantitative estimate of drug-likeness (QED) is 0.528. The number of thioether (sulfide) groups is 1. The maximum atomic E-state index is 5.79. The SMILES string of the molecule is COc1cc2c(cc1OC)C(COCCCl)SCC1(CCCC1)C2. The van der Waals surface area contributed by atoms with E-state index in [4.69, 9.17) is 25.8 Å². The molecule has 1 heterocycles. The number of alkyl halides is 1. The van der Waals surface area contributed by atoms with Crippen molar-refractivity contribution in [3.8, 4) is 11.5 Å². The van der Waals surface area contributed by atoms with Crippen LogP contribution in [0.2, 0.25) is 0 Å². The molecule has 0 bridgehead atoms. The third-order valence-corrected chi connectivity index (χ3v) is 7.03. The highest BCUT2D eigenvalue weighted by Gasteiger charge is 2.38. The van der Waals surface area contributed by atoms with Crippen molar-refractivity contribution in [2.24, 2.45) is 5.41 Å². The Balaban J connectivity index is 1.94. The molecule has 1 atom stereocenters. The van der Waals surface area contributed by atoms with Crippen LogP contribution in [0.5, 0.6) is 11.5 Å². The molecule has 1 aliphatic carbocycles. The fourth-order valence-electron chi connectivity index (χ4n) is 4.04. The van der Waals surface area contributed by atoms with Crippen LogP contribution in [0.15, 0.2) is 12.1 Å². The molecule has 2 aliphatic rings. The third-order valence-electron chi connectivity index (χ3n) is 5.30. The molecule has 5 heteroatoms. The first kappa shape index (κ1) is 18.2. The van der Waals surface area contributed by atoms with E-state index in [2.05, 4.69) is 12.1 Å². The Hall–Kier alpha value is -0.580. The normalized spacial score (nSPS) is 22.2. The lowest BCUT2D eigenvalue weighted by atomic mass is 9.80. The van der Waals surface area contributed by atoms with Gasteiger partial charge in [0.15, 0.2) is 11.5 Å². The highest BCUT2D eigenvalue weighted by atomic mass is 35.5. The molecule has 1 spiro atoms. The Bertz CT molecular complexity index is 558. The van der Waals surface area contributed by atoms with Crippen LogP contribution in [0.3, 0.4) is 0 Å². The van der Waals surface area contributed by atoms with Crippen LogP contribution in [-0.4, -0.2) is 39.1 Å². The Kier molecular flexibility index (Phi) is 6.22.